The molecule has 2 aromatic heterocycles. The van der Waals surface area contributed by atoms with Gasteiger partial charge in [-0.3, -0.25) is 24.2 Å². The highest BCUT2D eigenvalue weighted by Crippen LogP contribution is 2.33. The number of carbonyl (C=O) groups excluding carboxylic acids is 2. The van der Waals surface area contributed by atoms with Crippen LogP contribution in [0, 0.1) is 11.3 Å². The fraction of sp³-hybridized carbons (Fsp3) is 0.273. The Morgan fingerprint density at radius 3 is 2.52 bits per heavy atom. The number of nitrogen functional groups attached to an aromatic ring is 2. The second-order valence-corrected chi connectivity index (χ2v) is 10.9. The zero-order valence-corrected chi connectivity index (χ0v) is 22.9. The van der Waals surface area contributed by atoms with Crippen LogP contribution in [-0.4, -0.2) is 90.1 Å². The Morgan fingerprint density at radius 2 is 1.98 bits per heavy atom. The number of nitrogens with zero attached hydrogens (tertiary/aromatic N) is 6. The van der Waals surface area contributed by atoms with Gasteiger partial charge in [0, 0.05) is 17.4 Å². The van der Waals surface area contributed by atoms with Gasteiger partial charge >= 0.3 is 16.3 Å². The van der Waals surface area contributed by atoms with Crippen LogP contribution in [0.1, 0.15) is 17.7 Å². The van der Waals surface area contributed by atoms with Crippen molar-refractivity contribution >= 4 is 56.0 Å². The topological polar surface area (TPSA) is 279 Å². The standard InChI is InChI=1S/C22H23N9O9S2/c23-19(24)11-1-3-12(4-2-11)39-7-17(21(34)35)40-29-18(14-8-41-22(25)28-14)16(32)5-13-15(6-30-10-26-9-27-30)31(20(13)33)42(36,37)38/h1-4,8-10,13,15,17H,5-7H2,(H3,23,24)(H2,25,28)(H,34,35)(H,36,37,38)/b29-18-/t13-,15+,17-/m0/s1. The average molecular weight is 622 g/mol. The zero-order valence-electron chi connectivity index (χ0n) is 21.3. The number of rotatable bonds is 14. The smallest absolute Gasteiger partial charge is 0.362 e. The number of aromatic nitrogens is 4. The van der Waals surface area contributed by atoms with E-state index >= 15 is 0 Å². The normalized spacial score (nSPS) is 17.8. The Bertz CT molecular complexity index is 1620. The van der Waals surface area contributed by atoms with Crippen molar-refractivity contribution in [1.82, 2.24) is 24.1 Å². The van der Waals surface area contributed by atoms with E-state index in [1.54, 1.807) is 0 Å². The minimum atomic E-state index is -4.94. The molecule has 0 unspecified atom stereocenters. The number of hydrogen-bond acceptors (Lipinski definition) is 14. The fourth-order valence-corrected chi connectivity index (χ4v) is 5.37. The maximum absolute atomic E-state index is 13.3. The Morgan fingerprint density at radius 1 is 1.26 bits per heavy atom. The number of nitrogens with one attached hydrogen (secondary N) is 1. The van der Waals surface area contributed by atoms with Crippen LogP contribution in [-0.2, 0) is 36.1 Å². The second kappa shape index (κ2) is 12.3. The highest BCUT2D eigenvalue weighted by atomic mass is 32.2. The first-order chi connectivity index (χ1) is 19.8. The van der Waals surface area contributed by atoms with Crippen LogP contribution in [0.25, 0.3) is 0 Å². The molecule has 1 amide bonds. The summed E-state index contributed by atoms with van der Waals surface area (Å²) in [6.07, 6.45) is 0.142. The van der Waals surface area contributed by atoms with Crippen molar-refractivity contribution in [1.29, 1.82) is 5.41 Å². The Hall–Kier alpha value is -4.95. The van der Waals surface area contributed by atoms with Gasteiger partial charge in [0.15, 0.2) is 16.6 Å². The first-order valence-corrected chi connectivity index (χ1v) is 14.0. The number of carboxylic acid groups (broad SMARTS) is 1. The summed E-state index contributed by atoms with van der Waals surface area (Å²) in [7, 11) is -4.94. The van der Waals surface area contributed by atoms with Gasteiger partial charge in [-0.2, -0.15) is 13.5 Å². The maximum atomic E-state index is 13.3. The molecule has 18 nitrogen and oxygen atoms in total. The van der Waals surface area contributed by atoms with Crippen molar-refractivity contribution in [3.8, 4) is 5.75 Å². The monoisotopic (exact) mass is 621 g/mol. The van der Waals surface area contributed by atoms with Crippen LogP contribution >= 0.6 is 11.3 Å². The number of carboxylic acids is 1. The van der Waals surface area contributed by atoms with Crippen molar-refractivity contribution in [3.63, 3.8) is 0 Å². The average Bonchev–Trinajstić information content (AvgIpc) is 3.60. The number of β-lactam (4-membered cyclic amide) rings is 1. The van der Waals surface area contributed by atoms with Gasteiger partial charge in [0.25, 0.3) is 6.10 Å². The van der Waals surface area contributed by atoms with E-state index < -0.39 is 64.8 Å². The van der Waals surface area contributed by atoms with Gasteiger partial charge in [0.2, 0.25) is 5.91 Å². The first kappa shape index (κ1) is 30.0. The van der Waals surface area contributed by atoms with Crippen molar-refractivity contribution in [2.24, 2.45) is 16.8 Å². The van der Waals surface area contributed by atoms with E-state index in [0.29, 0.717) is 5.56 Å². The predicted octanol–water partition coefficient (Wildman–Crippen LogP) is -0.857. The minimum Gasteiger partial charge on any atom is -0.489 e. The number of nitrogens with two attached hydrogens (primary N) is 2. The molecule has 1 saturated heterocycles. The number of thiazole rings is 1. The SMILES string of the molecule is N=C(N)c1ccc(OC[C@H](O/N=C(\C(=O)C[C@@H]2C(=O)N(S(=O)(=O)O)[C@@H]2Cn2cncn2)c2csc(N)n2)C(=O)O)cc1. The molecule has 1 fully saturated rings. The molecule has 1 aliphatic rings. The Balaban J connectivity index is 1.52. The highest BCUT2D eigenvalue weighted by molar-refractivity contribution is 7.84. The summed E-state index contributed by atoms with van der Waals surface area (Å²) in [6.45, 7) is -0.745. The van der Waals surface area contributed by atoms with E-state index in [1.165, 1.54) is 47.0 Å². The van der Waals surface area contributed by atoms with Gasteiger partial charge in [-0.15, -0.1) is 11.3 Å². The third-order valence-corrected chi connectivity index (χ3v) is 7.56. The quantitative estimate of drug-likeness (QED) is 0.0482. The van der Waals surface area contributed by atoms with Crippen LogP contribution in [0.2, 0.25) is 0 Å². The molecule has 4 rings (SSSR count). The first-order valence-electron chi connectivity index (χ1n) is 11.8. The molecule has 7 N–H and O–H groups in total. The number of carbonyl (C=O) groups is 3. The Labute approximate surface area is 240 Å². The van der Waals surface area contributed by atoms with E-state index in [2.05, 4.69) is 20.2 Å². The number of anilines is 1. The molecule has 42 heavy (non-hydrogen) atoms. The number of hydrogen-bond donors (Lipinski definition) is 5. The van der Waals surface area contributed by atoms with Crippen molar-refractivity contribution < 1.29 is 42.0 Å². The largest absolute Gasteiger partial charge is 0.489 e. The molecule has 0 radical (unpaired) electrons. The molecular formula is C22H23N9O9S2. The summed E-state index contributed by atoms with van der Waals surface area (Å²) >= 11 is 0.955. The van der Waals surface area contributed by atoms with E-state index in [1.807, 2.05) is 0 Å². The number of oxime groups is 1. The molecule has 0 saturated carbocycles. The van der Waals surface area contributed by atoms with Crippen LogP contribution in [0.5, 0.6) is 5.75 Å². The lowest BCUT2D eigenvalue weighted by molar-refractivity contribution is -0.152. The molecule has 0 spiro atoms. The van der Waals surface area contributed by atoms with Gasteiger partial charge in [-0.05, 0) is 24.3 Å². The molecule has 0 bridgehead atoms. The van der Waals surface area contributed by atoms with E-state index in [-0.39, 0.29) is 33.3 Å². The molecule has 222 valence electrons. The van der Waals surface area contributed by atoms with Gasteiger partial charge in [-0.25, -0.2) is 19.1 Å². The molecule has 3 aromatic rings. The third kappa shape index (κ3) is 6.85. The summed E-state index contributed by atoms with van der Waals surface area (Å²) in [6, 6.07) is 4.74. The minimum absolute atomic E-state index is 0.0546. The van der Waals surface area contributed by atoms with Crippen LogP contribution in [0.3, 0.4) is 0 Å². The zero-order chi connectivity index (χ0) is 30.6. The van der Waals surface area contributed by atoms with Crippen molar-refractivity contribution in [2.45, 2.75) is 25.1 Å². The molecule has 3 atom stereocenters. The number of benzene rings is 1. The number of ether oxygens (including phenoxy) is 1. The van der Waals surface area contributed by atoms with Crippen LogP contribution in [0.15, 0.2) is 47.5 Å². The van der Waals surface area contributed by atoms with E-state index in [0.717, 1.165) is 11.3 Å². The lowest BCUT2D eigenvalue weighted by Crippen LogP contribution is -2.64. The summed E-state index contributed by atoms with van der Waals surface area (Å²) in [5, 5.41) is 26.0. The van der Waals surface area contributed by atoms with Crippen LogP contribution in [0.4, 0.5) is 5.13 Å². The number of amidine groups is 1. The lowest BCUT2D eigenvalue weighted by Gasteiger charge is -2.43. The van der Waals surface area contributed by atoms with Crippen LogP contribution < -0.4 is 16.2 Å². The molecule has 1 aromatic carbocycles. The number of amides is 1. The van der Waals surface area contributed by atoms with E-state index in [9.17, 15) is 32.5 Å². The van der Waals surface area contributed by atoms with Crippen molar-refractivity contribution in [3.05, 3.63) is 53.6 Å². The lowest BCUT2D eigenvalue weighted by atomic mass is 9.84. The summed E-state index contributed by atoms with van der Waals surface area (Å²) in [5.74, 6) is -4.51. The summed E-state index contributed by atoms with van der Waals surface area (Å²) in [4.78, 5) is 50.7. The summed E-state index contributed by atoms with van der Waals surface area (Å²) in [5.41, 5.74) is 11.0. The third-order valence-electron chi connectivity index (χ3n) is 5.94. The predicted molar refractivity (Wildman–Crippen MR) is 144 cm³/mol. The van der Waals surface area contributed by atoms with Crippen molar-refractivity contribution in [2.75, 3.05) is 12.3 Å². The maximum Gasteiger partial charge on any atom is 0.362 e. The van der Waals surface area contributed by atoms with Gasteiger partial charge in [-0.1, -0.05) is 5.16 Å². The molecular weight excluding hydrogens is 598 g/mol. The number of ketones is 1. The molecule has 0 aliphatic carbocycles. The highest BCUT2D eigenvalue weighted by Gasteiger charge is 2.54. The second-order valence-electron chi connectivity index (χ2n) is 8.72. The fourth-order valence-electron chi connectivity index (χ4n) is 3.90. The number of aliphatic carboxylic acids is 1. The molecule has 20 heteroatoms. The summed E-state index contributed by atoms with van der Waals surface area (Å²) < 4.78 is 40.0. The van der Waals surface area contributed by atoms with E-state index in [4.69, 9.17) is 26.5 Å². The van der Waals surface area contributed by atoms with Gasteiger partial charge in [0.1, 0.15) is 36.5 Å². The molecule has 3 heterocycles. The Kier molecular flexibility index (Phi) is 8.78. The molecule has 1 aliphatic heterocycles. The number of Topliss-reactive ketones (excluding diaryl/α,β-unsaturated/α-hetero) is 1. The van der Waals surface area contributed by atoms with Gasteiger partial charge in [0.05, 0.1) is 18.5 Å². The van der Waals surface area contributed by atoms with Gasteiger partial charge < -0.3 is 26.1 Å².